The van der Waals surface area contributed by atoms with Crippen molar-refractivity contribution in [3.05, 3.63) is 34.3 Å². The van der Waals surface area contributed by atoms with Crippen LogP contribution in [0.2, 0.25) is 0 Å². The zero-order valence-corrected chi connectivity index (χ0v) is 11.6. The van der Waals surface area contributed by atoms with Crippen molar-refractivity contribution in [3.8, 4) is 6.07 Å². The van der Waals surface area contributed by atoms with Gasteiger partial charge in [-0.2, -0.15) is 5.26 Å². The second-order valence-corrected chi connectivity index (χ2v) is 5.83. The molecule has 0 heterocycles. The van der Waals surface area contributed by atoms with Crippen LogP contribution in [0, 0.1) is 17.2 Å². The van der Waals surface area contributed by atoms with Crippen LogP contribution in [0.4, 0.5) is 0 Å². The lowest BCUT2D eigenvalue weighted by molar-refractivity contribution is 0.424. The third kappa shape index (κ3) is 3.33. The van der Waals surface area contributed by atoms with Gasteiger partial charge in [-0.25, -0.2) is 0 Å². The molecule has 2 heteroatoms. The van der Waals surface area contributed by atoms with Crippen molar-refractivity contribution in [1.82, 2.24) is 0 Å². The summed E-state index contributed by atoms with van der Waals surface area (Å²) < 4.78 is 1.08. The summed E-state index contributed by atoms with van der Waals surface area (Å²) in [6.07, 6.45) is 7.70. The highest BCUT2D eigenvalue weighted by Crippen LogP contribution is 2.35. The summed E-state index contributed by atoms with van der Waals surface area (Å²) in [5.41, 5.74) is 1.18. The summed E-state index contributed by atoms with van der Waals surface area (Å²) in [5, 5.41) is 9.43. The molecule has 1 fully saturated rings. The fourth-order valence-electron chi connectivity index (χ4n) is 2.77. The number of hydrogen-bond donors (Lipinski definition) is 0. The van der Waals surface area contributed by atoms with E-state index in [1.165, 1.54) is 44.1 Å². The maximum atomic E-state index is 9.43. The molecule has 1 aromatic carbocycles. The molecule has 1 aliphatic rings. The Morgan fingerprint density at radius 3 is 2.18 bits per heavy atom. The second-order valence-electron chi connectivity index (χ2n) is 4.91. The van der Waals surface area contributed by atoms with Crippen molar-refractivity contribution >= 4 is 15.9 Å². The number of benzene rings is 1. The van der Waals surface area contributed by atoms with Gasteiger partial charge in [0.15, 0.2) is 0 Å². The molecular formula is C15H18BrN. The zero-order chi connectivity index (χ0) is 12.1. The van der Waals surface area contributed by atoms with Crippen LogP contribution >= 0.6 is 15.9 Å². The Kier molecular flexibility index (Phi) is 4.62. The lowest BCUT2D eigenvalue weighted by Gasteiger charge is -2.20. The predicted octanol–water partition coefficient (Wildman–Crippen LogP) is 5.03. The fraction of sp³-hybridized carbons (Fsp3) is 0.533. The van der Waals surface area contributed by atoms with Gasteiger partial charge in [-0.15, -0.1) is 0 Å². The molecule has 1 unspecified atom stereocenters. The van der Waals surface area contributed by atoms with E-state index in [2.05, 4.69) is 34.1 Å². The lowest BCUT2D eigenvalue weighted by atomic mass is 9.82. The normalized spacial score (nSPS) is 19.3. The minimum Gasteiger partial charge on any atom is -0.198 e. The molecule has 1 aromatic rings. The summed E-state index contributed by atoms with van der Waals surface area (Å²) in [6.45, 7) is 0. The van der Waals surface area contributed by atoms with Crippen LogP contribution < -0.4 is 0 Å². The summed E-state index contributed by atoms with van der Waals surface area (Å²) in [6, 6.07) is 10.8. The highest BCUT2D eigenvalue weighted by molar-refractivity contribution is 9.10. The van der Waals surface area contributed by atoms with Gasteiger partial charge in [0.05, 0.1) is 12.0 Å². The highest BCUT2D eigenvalue weighted by atomic mass is 79.9. The van der Waals surface area contributed by atoms with Gasteiger partial charge in [0, 0.05) is 4.47 Å². The Morgan fingerprint density at radius 2 is 1.65 bits per heavy atom. The van der Waals surface area contributed by atoms with E-state index in [0.717, 1.165) is 4.47 Å². The first-order valence-corrected chi connectivity index (χ1v) is 7.25. The van der Waals surface area contributed by atoms with Crippen molar-refractivity contribution in [1.29, 1.82) is 5.26 Å². The summed E-state index contributed by atoms with van der Waals surface area (Å²) in [5.74, 6) is 0.643. The number of nitriles is 1. The van der Waals surface area contributed by atoms with Crippen molar-refractivity contribution in [2.45, 2.75) is 44.4 Å². The molecule has 0 aromatic heterocycles. The van der Waals surface area contributed by atoms with Crippen LogP contribution in [0.3, 0.4) is 0 Å². The van der Waals surface area contributed by atoms with Crippen molar-refractivity contribution in [3.63, 3.8) is 0 Å². The van der Waals surface area contributed by atoms with E-state index < -0.39 is 0 Å². The van der Waals surface area contributed by atoms with Gasteiger partial charge in [-0.3, -0.25) is 0 Å². The Bertz CT molecular complexity index is 382. The van der Waals surface area contributed by atoms with Crippen LogP contribution in [0.1, 0.15) is 50.0 Å². The molecule has 2 rings (SSSR count). The van der Waals surface area contributed by atoms with E-state index >= 15 is 0 Å². The molecule has 0 saturated heterocycles. The van der Waals surface area contributed by atoms with Crippen molar-refractivity contribution in [2.24, 2.45) is 5.92 Å². The maximum absolute atomic E-state index is 9.43. The molecule has 0 radical (unpaired) electrons. The van der Waals surface area contributed by atoms with Gasteiger partial charge in [0.25, 0.3) is 0 Å². The Morgan fingerprint density at radius 1 is 1.06 bits per heavy atom. The smallest absolute Gasteiger partial charge is 0.0740 e. The molecule has 0 bridgehead atoms. The van der Waals surface area contributed by atoms with Crippen LogP contribution in [-0.4, -0.2) is 0 Å². The second kappa shape index (κ2) is 6.21. The van der Waals surface area contributed by atoms with E-state index in [9.17, 15) is 5.26 Å². The van der Waals surface area contributed by atoms with Gasteiger partial charge in [-0.05, 0) is 36.5 Å². The van der Waals surface area contributed by atoms with Crippen LogP contribution in [-0.2, 0) is 0 Å². The number of nitrogens with zero attached hydrogens (tertiary/aromatic N) is 1. The molecule has 1 saturated carbocycles. The molecule has 1 nitrogen and oxygen atoms in total. The minimum atomic E-state index is 0.0844. The minimum absolute atomic E-state index is 0.0844. The summed E-state index contributed by atoms with van der Waals surface area (Å²) >= 11 is 3.44. The molecule has 0 spiro atoms. The number of halogens is 1. The molecule has 0 amide bonds. The van der Waals surface area contributed by atoms with E-state index in [0.29, 0.717) is 5.92 Å². The van der Waals surface area contributed by atoms with E-state index in [1.807, 2.05) is 12.1 Å². The predicted molar refractivity (Wildman–Crippen MR) is 73.7 cm³/mol. The maximum Gasteiger partial charge on any atom is 0.0740 e. The third-order valence-electron chi connectivity index (χ3n) is 3.74. The first kappa shape index (κ1) is 12.6. The molecule has 0 N–H and O–H groups in total. The van der Waals surface area contributed by atoms with Crippen LogP contribution in [0.15, 0.2) is 28.7 Å². The monoisotopic (exact) mass is 291 g/mol. The zero-order valence-electron chi connectivity index (χ0n) is 10.0. The van der Waals surface area contributed by atoms with E-state index in [4.69, 9.17) is 0 Å². The van der Waals surface area contributed by atoms with Gasteiger partial charge in [-0.1, -0.05) is 53.7 Å². The first-order valence-electron chi connectivity index (χ1n) is 6.46. The van der Waals surface area contributed by atoms with Gasteiger partial charge in [0.1, 0.15) is 0 Å². The third-order valence-corrected chi connectivity index (χ3v) is 4.27. The van der Waals surface area contributed by atoms with Gasteiger partial charge >= 0.3 is 0 Å². The molecule has 1 atom stereocenters. The number of rotatable bonds is 2. The van der Waals surface area contributed by atoms with Gasteiger partial charge < -0.3 is 0 Å². The van der Waals surface area contributed by atoms with Crippen molar-refractivity contribution < 1.29 is 0 Å². The van der Waals surface area contributed by atoms with Gasteiger partial charge in [0.2, 0.25) is 0 Å². The average Bonchev–Trinajstić information content (AvgIpc) is 2.62. The number of hydrogen-bond acceptors (Lipinski definition) is 1. The first-order chi connectivity index (χ1) is 8.31. The van der Waals surface area contributed by atoms with Crippen LogP contribution in [0.5, 0.6) is 0 Å². The fourth-order valence-corrected chi connectivity index (χ4v) is 3.03. The Balaban J connectivity index is 2.15. The summed E-state index contributed by atoms with van der Waals surface area (Å²) in [4.78, 5) is 0. The molecular weight excluding hydrogens is 274 g/mol. The Labute approximate surface area is 112 Å². The van der Waals surface area contributed by atoms with Crippen molar-refractivity contribution in [2.75, 3.05) is 0 Å². The highest BCUT2D eigenvalue weighted by Gasteiger charge is 2.23. The lowest BCUT2D eigenvalue weighted by Crippen LogP contribution is -2.10. The van der Waals surface area contributed by atoms with E-state index in [1.54, 1.807) is 0 Å². The molecule has 90 valence electrons. The average molecular weight is 292 g/mol. The summed E-state index contributed by atoms with van der Waals surface area (Å²) in [7, 11) is 0. The topological polar surface area (TPSA) is 23.8 Å². The molecule has 17 heavy (non-hydrogen) atoms. The van der Waals surface area contributed by atoms with E-state index in [-0.39, 0.29) is 5.92 Å². The Hall–Kier alpha value is -0.810. The SMILES string of the molecule is N#CC(c1ccc(Br)cc1)C1CCCCCC1. The molecule has 1 aliphatic carbocycles. The largest absolute Gasteiger partial charge is 0.198 e. The quantitative estimate of drug-likeness (QED) is 0.701. The molecule has 0 aliphatic heterocycles. The van der Waals surface area contributed by atoms with Crippen LogP contribution in [0.25, 0.3) is 0 Å². The standard InChI is InChI=1S/C15H18BrN/c16-14-9-7-13(8-10-14)15(11-17)12-5-3-1-2-4-6-12/h7-10,12,15H,1-6H2.